The Morgan fingerprint density at radius 1 is 0.875 bits per heavy atom. The van der Waals surface area contributed by atoms with E-state index in [9.17, 15) is 9.59 Å². The van der Waals surface area contributed by atoms with Crippen molar-refractivity contribution in [1.82, 2.24) is 9.80 Å². The molecule has 2 amide bonds. The molecule has 1 aromatic heterocycles. The number of hydrogen-bond acceptors (Lipinski definition) is 5. The molecule has 168 valence electrons. The summed E-state index contributed by atoms with van der Waals surface area (Å²) in [6.45, 7) is 1.55. The molecule has 0 fully saturated rings. The molecular formula is C25H28N2O4S. The van der Waals surface area contributed by atoms with Crippen LogP contribution in [0.25, 0.3) is 0 Å². The lowest BCUT2D eigenvalue weighted by atomic mass is 10.1. The summed E-state index contributed by atoms with van der Waals surface area (Å²) in [6.07, 6.45) is 0. The largest absolute Gasteiger partial charge is 0.496 e. The van der Waals surface area contributed by atoms with Crippen molar-refractivity contribution in [2.24, 2.45) is 0 Å². The zero-order valence-corrected chi connectivity index (χ0v) is 19.2. The Bertz CT molecular complexity index is 992. The molecule has 0 radical (unpaired) electrons. The molecule has 0 bridgehead atoms. The second-order valence-electron chi connectivity index (χ2n) is 7.23. The van der Waals surface area contributed by atoms with E-state index >= 15 is 0 Å². The third kappa shape index (κ3) is 6.42. The molecule has 0 aliphatic rings. The van der Waals surface area contributed by atoms with Gasteiger partial charge in [-0.15, -0.1) is 11.3 Å². The first-order valence-electron chi connectivity index (χ1n) is 10.4. The zero-order valence-electron chi connectivity index (χ0n) is 18.4. The minimum absolute atomic E-state index is 0.0432. The molecule has 0 saturated carbocycles. The van der Waals surface area contributed by atoms with Crippen molar-refractivity contribution in [3.8, 4) is 5.75 Å². The van der Waals surface area contributed by atoms with E-state index in [-0.39, 0.29) is 18.4 Å². The lowest BCUT2D eigenvalue weighted by Crippen LogP contribution is -2.43. The minimum Gasteiger partial charge on any atom is -0.496 e. The van der Waals surface area contributed by atoms with Crippen molar-refractivity contribution in [1.29, 1.82) is 0 Å². The van der Waals surface area contributed by atoms with Gasteiger partial charge in [0.1, 0.15) is 12.3 Å². The van der Waals surface area contributed by atoms with Crippen molar-refractivity contribution in [3.63, 3.8) is 0 Å². The van der Waals surface area contributed by atoms with Crippen molar-refractivity contribution < 1.29 is 19.1 Å². The van der Waals surface area contributed by atoms with Crippen LogP contribution in [0.5, 0.6) is 5.75 Å². The number of carbonyl (C=O) groups is 2. The van der Waals surface area contributed by atoms with Gasteiger partial charge < -0.3 is 19.3 Å². The van der Waals surface area contributed by atoms with Crippen molar-refractivity contribution >= 4 is 23.2 Å². The number of amides is 2. The Morgan fingerprint density at radius 3 is 2.31 bits per heavy atom. The number of hydrogen-bond donors (Lipinski definition) is 0. The van der Waals surface area contributed by atoms with E-state index in [1.165, 1.54) is 12.0 Å². The molecule has 0 aliphatic carbocycles. The summed E-state index contributed by atoms with van der Waals surface area (Å²) in [5.74, 6) is 0.0948. The third-order valence-corrected chi connectivity index (χ3v) is 5.87. The average molecular weight is 453 g/mol. The fourth-order valence-electron chi connectivity index (χ4n) is 3.34. The van der Waals surface area contributed by atoms with Crippen molar-refractivity contribution in [2.45, 2.75) is 13.1 Å². The number of ether oxygens (including phenoxy) is 2. The maximum Gasteiger partial charge on any atom is 0.258 e. The summed E-state index contributed by atoms with van der Waals surface area (Å²) in [7, 11) is 3.10. The molecule has 6 nitrogen and oxygen atoms in total. The molecule has 7 heteroatoms. The van der Waals surface area contributed by atoms with Crippen molar-refractivity contribution in [2.75, 3.05) is 33.9 Å². The molecule has 3 rings (SSSR count). The normalized spacial score (nSPS) is 10.6. The van der Waals surface area contributed by atoms with Crippen LogP contribution in [-0.4, -0.2) is 55.5 Å². The molecule has 2 aromatic carbocycles. The van der Waals surface area contributed by atoms with Gasteiger partial charge in [0.25, 0.3) is 5.91 Å². The molecule has 0 saturated heterocycles. The molecule has 3 aromatic rings. The van der Waals surface area contributed by atoms with Crippen LogP contribution < -0.4 is 4.74 Å². The van der Waals surface area contributed by atoms with Crippen LogP contribution in [0.3, 0.4) is 0 Å². The monoisotopic (exact) mass is 452 g/mol. The maximum absolute atomic E-state index is 13.4. The van der Waals surface area contributed by atoms with E-state index in [1.807, 2.05) is 53.9 Å². The fraction of sp³-hybridized carbons (Fsp3) is 0.280. The Morgan fingerprint density at radius 2 is 1.62 bits per heavy atom. The van der Waals surface area contributed by atoms with E-state index in [1.54, 1.807) is 41.5 Å². The number of benzene rings is 2. The predicted octanol–water partition coefficient (Wildman–Crippen LogP) is 4.07. The number of carbonyl (C=O) groups excluding carboxylic acids is 2. The predicted molar refractivity (Wildman–Crippen MR) is 126 cm³/mol. The minimum atomic E-state index is -0.261. The van der Waals surface area contributed by atoms with Crippen LogP contribution in [0, 0.1) is 0 Å². The SMILES string of the molecule is COCCN(CC(=O)N(Cc1ccccc1)Cc1cccs1)C(=O)c1ccccc1OC. The van der Waals surface area contributed by atoms with Crippen LogP contribution >= 0.6 is 11.3 Å². The van der Waals surface area contributed by atoms with Crippen LogP contribution in [-0.2, 0) is 22.6 Å². The lowest BCUT2D eigenvalue weighted by Gasteiger charge is -2.28. The van der Waals surface area contributed by atoms with Gasteiger partial charge in [-0.3, -0.25) is 9.59 Å². The summed E-state index contributed by atoms with van der Waals surface area (Å²) in [4.78, 5) is 31.1. The van der Waals surface area contributed by atoms with Crippen LogP contribution in [0.2, 0.25) is 0 Å². The van der Waals surface area contributed by atoms with Gasteiger partial charge in [0.05, 0.1) is 25.8 Å². The Hall–Kier alpha value is -3.16. The molecule has 0 aliphatic heterocycles. The maximum atomic E-state index is 13.4. The van der Waals surface area contributed by atoms with Crippen LogP contribution in [0.4, 0.5) is 0 Å². The molecular weight excluding hydrogens is 424 g/mol. The van der Waals surface area contributed by atoms with Gasteiger partial charge >= 0.3 is 0 Å². The lowest BCUT2D eigenvalue weighted by molar-refractivity contribution is -0.133. The zero-order chi connectivity index (χ0) is 22.8. The van der Waals surface area contributed by atoms with E-state index in [2.05, 4.69) is 0 Å². The second-order valence-corrected chi connectivity index (χ2v) is 8.27. The number of rotatable bonds is 11. The van der Waals surface area contributed by atoms with Gasteiger partial charge in [0.15, 0.2) is 0 Å². The highest BCUT2D eigenvalue weighted by molar-refractivity contribution is 7.09. The molecule has 0 N–H and O–H groups in total. The summed E-state index contributed by atoms with van der Waals surface area (Å²) < 4.78 is 10.5. The number of para-hydroxylation sites is 1. The standard InChI is InChI=1S/C25H28N2O4S/c1-30-15-14-26(25(29)22-12-6-7-13-23(22)31-2)19-24(28)27(18-21-11-8-16-32-21)17-20-9-4-3-5-10-20/h3-13,16H,14-15,17-19H2,1-2H3. The summed E-state index contributed by atoms with van der Waals surface area (Å²) in [5.41, 5.74) is 1.46. The topological polar surface area (TPSA) is 59.1 Å². The smallest absolute Gasteiger partial charge is 0.258 e. The molecule has 1 heterocycles. The number of thiophene rings is 1. The first kappa shape index (κ1) is 23.5. The Labute approximate surface area is 193 Å². The highest BCUT2D eigenvalue weighted by atomic mass is 32.1. The van der Waals surface area contributed by atoms with E-state index in [0.717, 1.165) is 10.4 Å². The Kier molecular flexibility index (Phi) is 8.83. The van der Waals surface area contributed by atoms with Gasteiger partial charge in [-0.25, -0.2) is 0 Å². The molecule has 32 heavy (non-hydrogen) atoms. The van der Waals surface area contributed by atoms with E-state index < -0.39 is 0 Å². The second kappa shape index (κ2) is 12.0. The van der Waals surface area contributed by atoms with Crippen LogP contribution in [0.1, 0.15) is 20.8 Å². The fourth-order valence-corrected chi connectivity index (χ4v) is 4.05. The summed E-state index contributed by atoms with van der Waals surface area (Å²) >= 11 is 1.61. The highest BCUT2D eigenvalue weighted by Crippen LogP contribution is 2.20. The third-order valence-electron chi connectivity index (χ3n) is 5.01. The Balaban J connectivity index is 1.81. The first-order chi connectivity index (χ1) is 15.6. The van der Waals surface area contributed by atoms with Gasteiger partial charge in [-0.2, -0.15) is 0 Å². The van der Waals surface area contributed by atoms with Gasteiger partial charge in [-0.05, 0) is 29.1 Å². The number of nitrogens with zero attached hydrogens (tertiary/aromatic N) is 2. The average Bonchev–Trinajstić information content (AvgIpc) is 3.34. The highest BCUT2D eigenvalue weighted by Gasteiger charge is 2.24. The van der Waals surface area contributed by atoms with Gasteiger partial charge in [-0.1, -0.05) is 48.5 Å². The van der Waals surface area contributed by atoms with E-state index in [4.69, 9.17) is 9.47 Å². The quantitative estimate of drug-likeness (QED) is 0.440. The van der Waals surface area contributed by atoms with Gasteiger partial charge in [0.2, 0.25) is 5.91 Å². The molecule has 0 spiro atoms. The molecule has 0 atom stereocenters. The van der Waals surface area contributed by atoms with Crippen LogP contribution in [0.15, 0.2) is 72.1 Å². The van der Waals surface area contributed by atoms with E-state index in [0.29, 0.717) is 37.6 Å². The molecule has 0 unspecified atom stereocenters. The first-order valence-corrected chi connectivity index (χ1v) is 11.3. The van der Waals surface area contributed by atoms with Gasteiger partial charge in [0, 0.05) is 25.1 Å². The summed E-state index contributed by atoms with van der Waals surface area (Å²) in [5, 5.41) is 2.00. The number of methoxy groups -OCH3 is 2. The van der Waals surface area contributed by atoms with Crippen molar-refractivity contribution in [3.05, 3.63) is 88.1 Å². The summed E-state index contributed by atoms with van der Waals surface area (Å²) in [6, 6.07) is 20.9.